The van der Waals surface area contributed by atoms with E-state index in [4.69, 9.17) is 0 Å². The zero-order valence-electron chi connectivity index (χ0n) is 16.9. The highest BCUT2D eigenvalue weighted by atomic mass is 16.2. The summed E-state index contributed by atoms with van der Waals surface area (Å²) < 4.78 is 0. The fourth-order valence-corrected chi connectivity index (χ4v) is 3.69. The van der Waals surface area contributed by atoms with Crippen molar-refractivity contribution >= 4 is 11.9 Å². The molecule has 29 heavy (non-hydrogen) atoms. The van der Waals surface area contributed by atoms with Gasteiger partial charge in [-0.15, -0.1) is 0 Å². The Bertz CT molecular complexity index is 774. The minimum Gasteiger partial charge on any atom is -0.358 e. The molecule has 1 aliphatic heterocycles. The van der Waals surface area contributed by atoms with Crippen molar-refractivity contribution in [2.24, 2.45) is 0 Å². The standard InChI is InChI=1S/C23H30N4O2/c1-24-22(28)17-27-14-12-20(13-15-27)25-23(29)26-21(19-10-6-3-7-11-19)16-18-8-4-2-5-9-18/h2-11,20-21H,12-17H2,1H3,(H,24,28)(H2,25,26,29). The molecule has 1 aliphatic rings. The van der Waals surface area contributed by atoms with Gasteiger partial charge in [-0.1, -0.05) is 60.7 Å². The van der Waals surface area contributed by atoms with E-state index in [9.17, 15) is 9.59 Å². The molecular formula is C23H30N4O2. The Hall–Kier alpha value is -2.86. The van der Waals surface area contributed by atoms with E-state index in [1.165, 1.54) is 5.56 Å². The molecule has 2 aromatic carbocycles. The van der Waals surface area contributed by atoms with Crippen molar-refractivity contribution in [1.29, 1.82) is 0 Å². The first kappa shape index (κ1) is 20.9. The van der Waals surface area contributed by atoms with Crippen LogP contribution in [0.25, 0.3) is 0 Å². The van der Waals surface area contributed by atoms with Crippen molar-refractivity contribution in [3.63, 3.8) is 0 Å². The summed E-state index contributed by atoms with van der Waals surface area (Å²) in [6, 6.07) is 20.2. The summed E-state index contributed by atoms with van der Waals surface area (Å²) >= 11 is 0. The van der Waals surface area contributed by atoms with Crippen LogP contribution < -0.4 is 16.0 Å². The number of likely N-dealkylation sites (tertiary alicyclic amines) is 1. The van der Waals surface area contributed by atoms with Crippen LogP contribution in [0, 0.1) is 0 Å². The molecule has 1 saturated heterocycles. The molecule has 0 spiro atoms. The molecule has 0 aromatic heterocycles. The van der Waals surface area contributed by atoms with E-state index < -0.39 is 0 Å². The highest BCUT2D eigenvalue weighted by Crippen LogP contribution is 2.18. The maximum absolute atomic E-state index is 12.7. The van der Waals surface area contributed by atoms with Gasteiger partial charge in [-0.05, 0) is 30.4 Å². The molecule has 6 heteroatoms. The molecular weight excluding hydrogens is 364 g/mol. The summed E-state index contributed by atoms with van der Waals surface area (Å²) in [7, 11) is 1.65. The molecule has 2 aromatic rings. The number of hydrogen-bond acceptors (Lipinski definition) is 3. The Labute approximate surface area is 172 Å². The Morgan fingerprint density at radius 3 is 2.24 bits per heavy atom. The van der Waals surface area contributed by atoms with E-state index in [-0.39, 0.29) is 24.0 Å². The molecule has 6 nitrogen and oxygen atoms in total. The minimum absolute atomic E-state index is 0.0285. The lowest BCUT2D eigenvalue weighted by Crippen LogP contribution is -2.50. The molecule has 1 fully saturated rings. The zero-order valence-corrected chi connectivity index (χ0v) is 16.9. The molecule has 0 aliphatic carbocycles. The van der Waals surface area contributed by atoms with Crippen LogP contribution in [0.1, 0.15) is 30.0 Å². The monoisotopic (exact) mass is 394 g/mol. The summed E-state index contributed by atoms with van der Waals surface area (Å²) in [6.07, 6.45) is 2.43. The van der Waals surface area contributed by atoms with Crippen molar-refractivity contribution in [2.45, 2.75) is 31.3 Å². The van der Waals surface area contributed by atoms with Gasteiger partial charge in [0.1, 0.15) is 0 Å². The van der Waals surface area contributed by atoms with Crippen LogP contribution in [0.3, 0.4) is 0 Å². The van der Waals surface area contributed by atoms with Crippen molar-refractivity contribution in [2.75, 3.05) is 26.7 Å². The predicted molar refractivity (Wildman–Crippen MR) is 115 cm³/mol. The molecule has 1 atom stereocenters. The number of nitrogens with one attached hydrogen (secondary N) is 3. The van der Waals surface area contributed by atoms with Gasteiger partial charge in [0.2, 0.25) is 5.91 Å². The van der Waals surface area contributed by atoms with Crippen molar-refractivity contribution in [1.82, 2.24) is 20.9 Å². The molecule has 0 bridgehead atoms. The second-order valence-electron chi connectivity index (χ2n) is 7.49. The van der Waals surface area contributed by atoms with Crippen molar-refractivity contribution in [3.8, 4) is 0 Å². The number of benzene rings is 2. The van der Waals surface area contributed by atoms with Gasteiger partial charge in [0.05, 0.1) is 12.6 Å². The number of urea groups is 1. The SMILES string of the molecule is CNC(=O)CN1CCC(NC(=O)NC(Cc2ccccc2)c2ccccc2)CC1. The predicted octanol–water partition coefficient (Wildman–Crippen LogP) is 2.48. The molecule has 0 radical (unpaired) electrons. The van der Waals surface area contributed by atoms with Crippen LogP contribution in [-0.2, 0) is 11.2 Å². The van der Waals surface area contributed by atoms with Crippen LogP contribution in [0.15, 0.2) is 60.7 Å². The molecule has 1 unspecified atom stereocenters. The number of amides is 3. The summed E-state index contributed by atoms with van der Waals surface area (Å²) in [6.45, 7) is 2.04. The van der Waals surface area contributed by atoms with Gasteiger partial charge in [-0.2, -0.15) is 0 Å². The lowest BCUT2D eigenvalue weighted by Gasteiger charge is -2.32. The summed E-state index contributed by atoms with van der Waals surface area (Å²) in [4.78, 5) is 26.3. The van der Waals surface area contributed by atoms with Crippen LogP contribution in [0.5, 0.6) is 0 Å². The number of piperidine rings is 1. The minimum atomic E-state index is -0.139. The van der Waals surface area contributed by atoms with E-state index >= 15 is 0 Å². The summed E-state index contributed by atoms with van der Waals surface area (Å²) in [5.41, 5.74) is 2.27. The summed E-state index contributed by atoms with van der Waals surface area (Å²) in [5, 5.41) is 8.92. The lowest BCUT2D eigenvalue weighted by molar-refractivity contribution is -0.122. The Morgan fingerprint density at radius 1 is 1.00 bits per heavy atom. The number of rotatable bonds is 7. The molecule has 3 N–H and O–H groups in total. The molecule has 154 valence electrons. The first-order chi connectivity index (χ1) is 14.1. The van der Waals surface area contributed by atoms with Gasteiger partial charge in [-0.3, -0.25) is 9.69 Å². The van der Waals surface area contributed by atoms with Gasteiger partial charge in [0, 0.05) is 26.2 Å². The van der Waals surface area contributed by atoms with Crippen LogP contribution in [-0.4, -0.2) is 49.6 Å². The Balaban J connectivity index is 1.54. The van der Waals surface area contributed by atoms with Crippen LogP contribution in [0.2, 0.25) is 0 Å². The van der Waals surface area contributed by atoms with E-state index in [0.717, 1.165) is 37.9 Å². The first-order valence-electron chi connectivity index (χ1n) is 10.2. The highest BCUT2D eigenvalue weighted by Gasteiger charge is 2.23. The van der Waals surface area contributed by atoms with Gasteiger partial charge < -0.3 is 16.0 Å². The van der Waals surface area contributed by atoms with Gasteiger partial charge >= 0.3 is 6.03 Å². The second kappa shape index (κ2) is 10.6. The van der Waals surface area contributed by atoms with E-state index in [1.54, 1.807) is 7.05 Å². The average Bonchev–Trinajstić information content (AvgIpc) is 2.76. The van der Waals surface area contributed by atoms with E-state index in [2.05, 4.69) is 33.0 Å². The average molecular weight is 395 g/mol. The van der Waals surface area contributed by atoms with E-state index in [0.29, 0.717) is 6.54 Å². The highest BCUT2D eigenvalue weighted by molar-refractivity contribution is 5.77. The van der Waals surface area contributed by atoms with Crippen molar-refractivity contribution in [3.05, 3.63) is 71.8 Å². The molecule has 1 heterocycles. The Morgan fingerprint density at radius 2 is 1.62 bits per heavy atom. The van der Waals surface area contributed by atoms with Gasteiger partial charge in [0.25, 0.3) is 0 Å². The largest absolute Gasteiger partial charge is 0.358 e. The third kappa shape index (κ3) is 6.61. The number of nitrogens with zero attached hydrogens (tertiary/aromatic N) is 1. The topological polar surface area (TPSA) is 73.5 Å². The molecule has 3 amide bonds. The zero-order chi connectivity index (χ0) is 20.5. The number of carbonyl (C=O) groups is 2. The van der Waals surface area contributed by atoms with Gasteiger partial charge in [0.15, 0.2) is 0 Å². The van der Waals surface area contributed by atoms with Crippen LogP contribution >= 0.6 is 0 Å². The quantitative estimate of drug-likeness (QED) is 0.676. The smallest absolute Gasteiger partial charge is 0.315 e. The van der Waals surface area contributed by atoms with Crippen LogP contribution in [0.4, 0.5) is 4.79 Å². The normalized spacial score (nSPS) is 16.0. The summed E-state index contributed by atoms with van der Waals surface area (Å²) in [5.74, 6) is 0.0285. The van der Waals surface area contributed by atoms with Gasteiger partial charge in [-0.25, -0.2) is 4.79 Å². The van der Waals surface area contributed by atoms with E-state index in [1.807, 2.05) is 48.5 Å². The van der Waals surface area contributed by atoms with Crippen molar-refractivity contribution < 1.29 is 9.59 Å². The number of likely N-dealkylation sites (N-methyl/N-ethyl adjacent to an activating group) is 1. The maximum Gasteiger partial charge on any atom is 0.315 e. The fourth-order valence-electron chi connectivity index (χ4n) is 3.69. The lowest BCUT2D eigenvalue weighted by atomic mass is 9.99. The Kier molecular flexibility index (Phi) is 7.64. The second-order valence-corrected chi connectivity index (χ2v) is 7.49. The molecule has 0 saturated carbocycles. The fraction of sp³-hybridized carbons (Fsp3) is 0.391. The molecule has 3 rings (SSSR count). The number of hydrogen-bond donors (Lipinski definition) is 3. The number of carbonyl (C=O) groups excluding carboxylic acids is 2. The first-order valence-corrected chi connectivity index (χ1v) is 10.2. The third-order valence-corrected chi connectivity index (χ3v) is 5.36. The maximum atomic E-state index is 12.7. The third-order valence-electron chi connectivity index (χ3n) is 5.36.